The van der Waals surface area contributed by atoms with Gasteiger partial charge in [0.1, 0.15) is 0 Å². The summed E-state index contributed by atoms with van der Waals surface area (Å²) in [6.07, 6.45) is 7.81. The lowest BCUT2D eigenvalue weighted by Gasteiger charge is -2.32. The van der Waals surface area contributed by atoms with Gasteiger partial charge in [-0.1, -0.05) is 18.9 Å². The number of carbonyl (C=O) groups is 1. The van der Waals surface area contributed by atoms with E-state index in [0.717, 1.165) is 18.8 Å². The molecule has 2 rings (SSSR count). The van der Waals surface area contributed by atoms with Crippen LogP contribution in [-0.2, 0) is 4.79 Å². The minimum Gasteiger partial charge on any atom is -0.295 e. The van der Waals surface area contributed by atoms with Crippen molar-refractivity contribution in [1.29, 1.82) is 0 Å². The van der Waals surface area contributed by atoms with Crippen molar-refractivity contribution in [3.63, 3.8) is 0 Å². The van der Waals surface area contributed by atoms with Crippen LogP contribution < -0.4 is 0 Å². The maximum absolute atomic E-state index is 11.2. The number of ketones is 1. The van der Waals surface area contributed by atoms with Gasteiger partial charge in [0, 0.05) is 6.42 Å². The quantitative estimate of drug-likeness (QED) is 0.538. The molecule has 2 aliphatic rings. The van der Waals surface area contributed by atoms with E-state index in [0.29, 0.717) is 11.7 Å². The van der Waals surface area contributed by atoms with E-state index in [1.54, 1.807) is 0 Å². The second-order valence-corrected chi connectivity index (χ2v) is 4.18. The zero-order valence-corrected chi connectivity index (χ0v) is 7.68. The smallest absolute Gasteiger partial charge is 0.155 e. The van der Waals surface area contributed by atoms with Crippen LogP contribution in [0, 0.1) is 11.8 Å². The Labute approximate surface area is 73.8 Å². The van der Waals surface area contributed by atoms with Crippen LogP contribution in [0.2, 0.25) is 0 Å². The summed E-state index contributed by atoms with van der Waals surface area (Å²) < 4.78 is 0. The Hall–Kier alpha value is -0.590. The van der Waals surface area contributed by atoms with Crippen LogP contribution in [-0.4, -0.2) is 5.78 Å². The van der Waals surface area contributed by atoms with E-state index in [-0.39, 0.29) is 0 Å². The molecule has 0 aromatic heterocycles. The first-order valence-corrected chi connectivity index (χ1v) is 5.01. The Kier molecular flexibility index (Phi) is 2.03. The second kappa shape index (κ2) is 3.04. The highest BCUT2D eigenvalue weighted by molar-refractivity contribution is 5.91. The number of hydrogen-bond donors (Lipinski definition) is 0. The maximum atomic E-state index is 11.2. The van der Waals surface area contributed by atoms with Crippen molar-refractivity contribution < 1.29 is 4.79 Å². The third kappa shape index (κ3) is 1.33. The fraction of sp³-hybridized carbons (Fsp3) is 0.727. The predicted molar refractivity (Wildman–Crippen MR) is 48.8 cm³/mol. The molecule has 0 spiro atoms. The lowest BCUT2D eigenvalue weighted by molar-refractivity contribution is -0.115. The molecule has 0 bridgehead atoms. The molecule has 0 heterocycles. The molecule has 1 saturated carbocycles. The first-order chi connectivity index (χ1) is 5.77. The van der Waals surface area contributed by atoms with Gasteiger partial charge in [0.05, 0.1) is 0 Å². The molecular weight excluding hydrogens is 148 g/mol. The topological polar surface area (TPSA) is 17.1 Å². The fourth-order valence-corrected chi connectivity index (χ4v) is 2.55. The lowest BCUT2D eigenvalue weighted by atomic mass is 9.72. The predicted octanol–water partition coefficient (Wildman–Crippen LogP) is 2.71. The molecule has 0 amide bonds. The third-order valence-corrected chi connectivity index (χ3v) is 3.30. The number of allylic oxidation sites excluding steroid dienone is 2. The van der Waals surface area contributed by atoms with E-state index in [2.05, 4.69) is 6.92 Å². The van der Waals surface area contributed by atoms with E-state index in [1.165, 1.54) is 24.8 Å². The van der Waals surface area contributed by atoms with Crippen molar-refractivity contribution in [2.24, 2.45) is 11.8 Å². The van der Waals surface area contributed by atoms with Crippen molar-refractivity contribution in [2.45, 2.75) is 39.0 Å². The number of rotatable bonds is 0. The van der Waals surface area contributed by atoms with Gasteiger partial charge in [-0.25, -0.2) is 0 Å². The van der Waals surface area contributed by atoms with Crippen molar-refractivity contribution in [3.05, 3.63) is 11.6 Å². The molecule has 0 aromatic rings. The van der Waals surface area contributed by atoms with E-state index < -0.39 is 0 Å². The van der Waals surface area contributed by atoms with Crippen molar-refractivity contribution in [2.75, 3.05) is 0 Å². The van der Waals surface area contributed by atoms with Crippen LogP contribution in [0.1, 0.15) is 39.0 Å². The van der Waals surface area contributed by atoms with Crippen LogP contribution in [0.5, 0.6) is 0 Å². The van der Waals surface area contributed by atoms with Gasteiger partial charge in [-0.05, 0) is 37.2 Å². The van der Waals surface area contributed by atoms with Crippen molar-refractivity contribution in [1.82, 2.24) is 0 Å². The minimum absolute atomic E-state index is 0.356. The molecule has 66 valence electrons. The molecule has 0 aliphatic heterocycles. The normalized spacial score (nSPS) is 35.8. The molecule has 1 heteroatoms. The summed E-state index contributed by atoms with van der Waals surface area (Å²) in [5.41, 5.74) is 1.46. The highest BCUT2D eigenvalue weighted by Crippen LogP contribution is 2.38. The first-order valence-electron chi connectivity index (χ1n) is 5.01. The van der Waals surface area contributed by atoms with Crippen LogP contribution in [0.4, 0.5) is 0 Å². The SMILES string of the molecule is C[C@H]1CCC[C@H]2CCC(=O)C=C21. The molecule has 12 heavy (non-hydrogen) atoms. The van der Waals surface area contributed by atoms with E-state index in [9.17, 15) is 4.79 Å². The number of carbonyl (C=O) groups excluding carboxylic acids is 1. The maximum Gasteiger partial charge on any atom is 0.155 e. The highest BCUT2D eigenvalue weighted by Gasteiger charge is 2.28. The van der Waals surface area contributed by atoms with Crippen LogP contribution in [0.3, 0.4) is 0 Å². The molecule has 0 radical (unpaired) electrons. The summed E-state index contributed by atoms with van der Waals surface area (Å²) in [5, 5.41) is 0. The van der Waals surface area contributed by atoms with Crippen molar-refractivity contribution in [3.8, 4) is 0 Å². The molecule has 1 fully saturated rings. The van der Waals surface area contributed by atoms with Crippen LogP contribution in [0.25, 0.3) is 0 Å². The van der Waals surface area contributed by atoms with Gasteiger partial charge in [-0.2, -0.15) is 0 Å². The molecule has 0 unspecified atom stereocenters. The van der Waals surface area contributed by atoms with Crippen LogP contribution >= 0.6 is 0 Å². The summed E-state index contributed by atoms with van der Waals surface area (Å²) in [5.74, 6) is 1.79. The van der Waals surface area contributed by atoms with Crippen molar-refractivity contribution >= 4 is 5.78 Å². The largest absolute Gasteiger partial charge is 0.295 e. The molecule has 2 atom stereocenters. The van der Waals surface area contributed by atoms with Gasteiger partial charge in [0.25, 0.3) is 0 Å². The Morgan fingerprint density at radius 3 is 3.00 bits per heavy atom. The molecule has 1 nitrogen and oxygen atoms in total. The molecule has 0 N–H and O–H groups in total. The molecular formula is C11H16O. The minimum atomic E-state index is 0.356. The number of hydrogen-bond acceptors (Lipinski definition) is 1. The van der Waals surface area contributed by atoms with Gasteiger partial charge in [-0.3, -0.25) is 4.79 Å². The highest BCUT2D eigenvalue weighted by atomic mass is 16.1. The van der Waals surface area contributed by atoms with Gasteiger partial charge in [-0.15, -0.1) is 0 Å². The standard InChI is InChI=1S/C11H16O/c1-8-3-2-4-9-5-6-10(12)7-11(8)9/h7-9H,2-6H2,1H3/t8-,9-/m0/s1. The van der Waals surface area contributed by atoms with E-state index in [4.69, 9.17) is 0 Å². The molecule has 2 aliphatic carbocycles. The molecule has 0 aromatic carbocycles. The molecule has 0 saturated heterocycles. The zero-order valence-electron chi connectivity index (χ0n) is 7.68. The summed E-state index contributed by atoms with van der Waals surface area (Å²) in [6.45, 7) is 2.26. The number of fused-ring (bicyclic) bond motifs is 1. The monoisotopic (exact) mass is 164 g/mol. The first kappa shape index (κ1) is 8.03. The Morgan fingerprint density at radius 1 is 1.33 bits per heavy atom. The Balaban J connectivity index is 2.23. The zero-order chi connectivity index (χ0) is 8.55. The summed E-state index contributed by atoms with van der Waals surface area (Å²) in [7, 11) is 0. The van der Waals surface area contributed by atoms with Gasteiger partial charge in [0.2, 0.25) is 0 Å². The summed E-state index contributed by atoms with van der Waals surface area (Å²) >= 11 is 0. The second-order valence-electron chi connectivity index (χ2n) is 4.18. The Morgan fingerprint density at radius 2 is 2.17 bits per heavy atom. The summed E-state index contributed by atoms with van der Waals surface area (Å²) in [6, 6.07) is 0. The van der Waals surface area contributed by atoms with E-state index in [1.807, 2.05) is 6.08 Å². The average Bonchev–Trinajstić information content (AvgIpc) is 2.07. The lowest BCUT2D eigenvalue weighted by Crippen LogP contribution is -2.22. The fourth-order valence-electron chi connectivity index (χ4n) is 2.55. The Bertz CT molecular complexity index is 227. The summed E-state index contributed by atoms with van der Waals surface area (Å²) in [4.78, 5) is 11.2. The van der Waals surface area contributed by atoms with E-state index >= 15 is 0 Å². The van der Waals surface area contributed by atoms with Gasteiger partial charge in [0.15, 0.2) is 5.78 Å². The van der Waals surface area contributed by atoms with Gasteiger partial charge >= 0.3 is 0 Å². The van der Waals surface area contributed by atoms with Gasteiger partial charge < -0.3 is 0 Å². The third-order valence-electron chi connectivity index (χ3n) is 3.30. The average molecular weight is 164 g/mol. The van der Waals surface area contributed by atoms with Crippen LogP contribution in [0.15, 0.2) is 11.6 Å².